The van der Waals surface area contributed by atoms with Crippen molar-refractivity contribution in [2.75, 3.05) is 13.7 Å². The van der Waals surface area contributed by atoms with Crippen LogP contribution in [0.2, 0.25) is 0 Å². The normalized spacial score (nSPS) is 9.67. The molecule has 1 rings (SSSR count). The van der Waals surface area contributed by atoms with Gasteiger partial charge in [-0.15, -0.1) is 0 Å². The molecule has 1 aromatic carbocycles. The van der Waals surface area contributed by atoms with Gasteiger partial charge in [-0.05, 0) is 18.6 Å². The number of carbonyl (C=O) groups is 1. The third-order valence-corrected chi connectivity index (χ3v) is 1.89. The average molecular weight is 209 g/mol. The van der Waals surface area contributed by atoms with Gasteiger partial charge in [0, 0.05) is 6.42 Å². The first kappa shape index (κ1) is 11.4. The van der Waals surface area contributed by atoms with Crippen LogP contribution in [0.1, 0.15) is 12.8 Å². The quantitative estimate of drug-likeness (QED) is 0.719. The third-order valence-electron chi connectivity index (χ3n) is 1.89. The number of primary amides is 1. The van der Waals surface area contributed by atoms with E-state index in [1.807, 2.05) is 24.3 Å². The van der Waals surface area contributed by atoms with Crippen LogP contribution in [0.25, 0.3) is 0 Å². The molecule has 0 bridgehead atoms. The van der Waals surface area contributed by atoms with Gasteiger partial charge in [0.15, 0.2) is 11.5 Å². The first-order valence-electron chi connectivity index (χ1n) is 4.78. The lowest BCUT2D eigenvalue weighted by molar-refractivity contribution is -0.118. The van der Waals surface area contributed by atoms with Crippen LogP contribution in [-0.4, -0.2) is 19.6 Å². The number of amides is 1. The fourth-order valence-electron chi connectivity index (χ4n) is 1.17. The Labute approximate surface area is 89.0 Å². The molecule has 15 heavy (non-hydrogen) atoms. The predicted molar refractivity (Wildman–Crippen MR) is 56.9 cm³/mol. The summed E-state index contributed by atoms with van der Waals surface area (Å²) in [6.07, 6.45) is 0.961. The van der Waals surface area contributed by atoms with Gasteiger partial charge in [-0.25, -0.2) is 0 Å². The molecule has 82 valence electrons. The van der Waals surface area contributed by atoms with E-state index >= 15 is 0 Å². The minimum Gasteiger partial charge on any atom is -0.493 e. The average Bonchev–Trinajstić information content (AvgIpc) is 2.24. The second-order valence-electron chi connectivity index (χ2n) is 3.07. The van der Waals surface area contributed by atoms with Gasteiger partial charge in [-0.2, -0.15) is 0 Å². The Morgan fingerprint density at radius 3 is 2.60 bits per heavy atom. The van der Waals surface area contributed by atoms with Crippen LogP contribution in [0.4, 0.5) is 0 Å². The summed E-state index contributed by atoms with van der Waals surface area (Å²) in [4.78, 5) is 10.5. The number of rotatable bonds is 6. The molecule has 0 aliphatic heterocycles. The molecular formula is C11H15NO3. The predicted octanol–water partition coefficient (Wildman–Crippen LogP) is 1.34. The Balaban J connectivity index is 2.39. The number of methoxy groups -OCH3 is 1. The van der Waals surface area contributed by atoms with Crippen LogP contribution < -0.4 is 15.2 Å². The molecule has 4 nitrogen and oxygen atoms in total. The zero-order valence-electron chi connectivity index (χ0n) is 8.73. The zero-order chi connectivity index (χ0) is 11.1. The van der Waals surface area contributed by atoms with Crippen LogP contribution in [-0.2, 0) is 4.79 Å². The van der Waals surface area contributed by atoms with E-state index in [0.717, 1.165) is 0 Å². The maximum Gasteiger partial charge on any atom is 0.217 e. The van der Waals surface area contributed by atoms with Crippen LogP contribution in [0.5, 0.6) is 11.5 Å². The summed E-state index contributed by atoms with van der Waals surface area (Å²) in [5.74, 6) is 1.07. The minimum atomic E-state index is -0.307. The lowest BCUT2D eigenvalue weighted by atomic mass is 10.3. The Hall–Kier alpha value is -1.71. The molecule has 0 fully saturated rings. The lowest BCUT2D eigenvalue weighted by Gasteiger charge is -2.09. The largest absolute Gasteiger partial charge is 0.493 e. The molecule has 2 N–H and O–H groups in total. The van der Waals surface area contributed by atoms with Crippen molar-refractivity contribution in [1.82, 2.24) is 0 Å². The van der Waals surface area contributed by atoms with Crippen molar-refractivity contribution in [2.45, 2.75) is 12.8 Å². The van der Waals surface area contributed by atoms with E-state index in [9.17, 15) is 4.79 Å². The number of carbonyl (C=O) groups excluding carboxylic acids is 1. The summed E-state index contributed by atoms with van der Waals surface area (Å²) in [6.45, 7) is 0.462. The fraction of sp³-hybridized carbons (Fsp3) is 0.364. The summed E-state index contributed by atoms with van der Waals surface area (Å²) in [6, 6.07) is 7.38. The minimum absolute atomic E-state index is 0.307. The number of nitrogens with two attached hydrogens (primary N) is 1. The van der Waals surface area contributed by atoms with Gasteiger partial charge in [-0.3, -0.25) is 4.79 Å². The Morgan fingerprint density at radius 2 is 2.00 bits per heavy atom. The molecule has 4 heteroatoms. The topological polar surface area (TPSA) is 61.6 Å². The van der Waals surface area contributed by atoms with Crippen LogP contribution >= 0.6 is 0 Å². The maximum absolute atomic E-state index is 10.5. The molecule has 0 heterocycles. The Bertz CT molecular complexity index is 325. The summed E-state index contributed by atoms with van der Waals surface area (Å²) in [5, 5.41) is 0. The number of benzene rings is 1. The number of ether oxygens (including phenoxy) is 2. The van der Waals surface area contributed by atoms with E-state index in [2.05, 4.69) is 0 Å². The third kappa shape index (κ3) is 3.89. The molecule has 0 unspecified atom stereocenters. The molecule has 0 radical (unpaired) electrons. The van der Waals surface area contributed by atoms with Gasteiger partial charge in [0.1, 0.15) is 0 Å². The second-order valence-corrected chi connectivity index (χ2v) is 3.07. The molecule has 0 aliphatic rings. The van der Waals surface area contributed by atoms with Crippen molar-refractivity contribution in [3.8, 4) is 11.5 Å². The van der Waals surface area contributed by atoms with Crippen molar-refractivity contribution < 1.29 is 14.3 Å². The van der Waals surface area contributed by atoms with Crippen molar-refractivity contribution in [2.24, 2.45) is 5.73 Å². The highest BCUT2D eigenvalue weighted by Gasteiger charge is 2.02. The lowest BCUT2D eigenvalue weighted by Crippen LogP contribution is -2.11. The molecule has 0 aliphatic carbocycles. The fourth-order valence-corrected chi connectivity index (χ4v) is 1.17. The Kier molecular flexibility index (Phi) is 4.47. The van der Waals surface area contributed by atoms with Crippen molar-refractivity contribution in [1.29, 1.82) is 0 Å². The smallest absolute Gasteiger partial charge is 0.217 e. The number of hydrogen-bond acceptors (Lipinski definition) is 3. The first-order chi connectivity index (χ1) is 7.24. The zero-order valence-corrected chi connectivity index (χ0v) is 8.73. The van der Waals surface area contributed by atoms with E-state index < -0.39 is 0 Å². The van der Waals surface area contributed by atoms with Crippen molar-refractivity contribution in [3.63, 3.8) is 0 Å². The number of para-hydroxylation sites is 2. The SMILES string of the molecule is COc1ccccc1OCCCC(N)=O. The van der Waals surface area contributed by atoms with Gasteiger partial charge in [-0.1, -0.05) is 12.1 Å². The first-order valence-corrected chi connectivity index (χ1v) is 4.78. The molecule has 0 aromatic heterocycles. The highest BCUT2D eigenvalue weighted by atomic mass is 16.5. The van der Waals surface area contributed by atoms with Crippen LogP contribution in [0, 0.1) is 0 Å². The molecule has 1 amide bonds. The summed E-state index contributed by atoms with van der Waals surface area (Å²) >= 11 is 0. The van der Waals surface area contributed by atoms with Crippen molar-refractivity contribution in [3.05, 3.63) is 24.3 Å². The monoisotopic (exact) mass is 209 g/mol. The molecule has 0 atom stereocenters. The van der Waals surface area contributed by atoms with Crippen LogP contribution in [0.3, 0.4) is 0 Å². The molecule has 1 aromatic rings. The van der Waals surface area contributed by atoms with Gasteiger partial charge < -0.3 is 15.2 Å². The van der Waals surface area contributed by atoms with E-state index in [0.29, 0.717) is 30.9 Å². The molecule has 0 saturated carbocycles. The van der Waals surface area contributed by atoms with Gasteiger partial charge in [0.05, 0.1) is 13.7 Å². The summed E-state index contributed by atoms with van der Waals surface area (Å²) in [7, 11) is 1.59. The highest BCUT2D eigenvalue weighted by molar-refractivity contribution is 5.73. The van der Waals surface area contributed by atoms with E-state index in [-0.39, 0.29) is 5.91 Å². The summed E-state index contributed by atoms with van der Waals surface area (Å²) < 4.78 is 10.6. The highest BCUT2D eigenvalue weighted by Crippen LogP contribution is 2.25. The maximum atomic E-state index is 10.5. The molecular weight excluding hydrogens is 194 g/mol. The van der Waals surface area contributed by atoms with Crippen LogP contribution in [0.15, 0.2) is 24.3 Å². The van der Waals surface area contributed by atoms with E-state index in [1.54, 1.807) is 7.11 Å². The molecule has 0 spiro atoms. The second kappa shape index (κ2) is 5.90. The van der Waals surface area contributed by atoms with Gasteiger partial charge in [0.25, 0.3) is 0 Å². The standard InChI is InChI=1S/C11H15NO3/c1-14-9-5-2-3-6-10(9)15-8-4-7-11(12)13/h2-3,5-6H,4,7-8H2,1H3,(H2,12,13). The number of hydrogen-bond donors (Lipinski definition) is 1. The molecule has 0 saturated heterocycles. The van der Waals surface area contributed by atoms with E-state index in [4.69, 9.17) is 15.2 Å². The van der Waals surface area contributed by atoms with Gasteiger partial charge in [0.2, 0.25) is 5.91 Å². The van der Waals surface area contributed by atoms with Gasteiger partial charge >= 0.3 is 0 Å². The van der Waals surface area contributed by atoms with Crippen molar-refractivity contribution >= 4 is 5.91 Å². The van der Waals surface area contributed by atoms with E-state index in [1.165, 1.54) is 0 Å². The Morgan fingerprint density at radius 1 is 1.33 bits per heavy atom. The summed E-state index contributed by atoms with van der Waals surface area (Å²) in [5.41, 5.74) is 5.01.